The van der Waals surface area contributed by atoms with Crippen LogP contribution in [0.2, 0.25) is 0 Å². The van der Waals surface area contributed by atoms with E-state index in [4.69, 9.17) is 19.5 Å². The second kappa shape index (κ2) is 9.44. The Morgan fingerprint density at radius 3 is 1.67 bits per heavy atom. The van der Waals surface area contributed by atoms with E-state index in [0.29, 0.717) is 38.2 Å². The standard InChI is InChI=1S/C42H26O/c1-2-11-27(12-3-1)28-15-10-16-31(23-28)41-34-17-6-8-19-36(34)42(37-20-9-7-18-35(37)41)32-21-22-33-38-24-29-13-4-5-14-30(29)25-40(38)43-39(33)26-32/h1-26H/i1D,2D,3D,4D,5D,11D,12D,13D,14D,21D,22D,24D,25D,26D. The average Bonchev–Trinajstić information content (AvgIpc) is 3.63. The number of rotatable bonds is 3. The first kappa shape index (κ1) is 14.0. The first-order valence-corrected chi connectivity index (χ1v) is 13.6. The molecule has 9 aromatic rings. The maximum Gasteiger partial charge on any atom is 0.136 e. The first-order valence-electron chi connectivity index (χ1n) is 20.6. The molecule has 0 saturated carbocycles. The third-order valence-corrected chi connectivity index (χ3v) is 7.76. The van der Waals surface area contributed by atoms with Crippen LogP contribution in [0, 0.1) is 0 Å². The van der Waals surface area contributed by atoms with Crippen molar-refractivity contribution in [1.29, 1.82) is 0 Å². The molecule has 1 aromatic heterocycles. The van der Waals surface area contributed by atoms with Gasteiger partial charge in [-0.1, -0.05) is 127 Å². The minimum Gasteiger partial charge on any atom is -0.456 e. The SMILES string of the molecule is [2H]c1c([2H])c([2H])c(-c2cccc(-c3c4ccccc4c(-c4c([2H])c([2H])c5c(oc6c([2H])c7c([2H])c([2H])c([2H])c([2H])c7c([2H])c65)c4[2H])c4ccccc34)c2)c([2H])c1[2H]. The quantitative estimate of drug-likeness (QED) is 0.196. The highest BCUT2D eigenvalue weighted by atomic mass is 16.3. The van der Waals surface area contributed by atoms with Crippen molar-refractivity contribution in [2.75, 3.05) is 0 Å². The topological polar surface area (TPSA) is 13.1 Å². The summed E-state index contributed by atoms with van der Waals surface area (Å²) in [6.45, 7) is 0. The lowest BCUT2D eigenvalue weighted by Crippen LogP contribution is -1.91. The van der Waals surface area contributed by atoms with Gasteiger partial charge in [0.1, 0.15) is 11.2 Å². The van der Waals surface area contributed by atoms with Crippen LogP contribution < -0.4 is 0 Å². The second-order valence-electron chi connectivity index (χ2n) is 10.2. The lowest BCUT2D eigenvalue weighted by molar-refractivity contribution is 0.669. The summed E-state index contributed by atoms with van der Waals surface area (Å²) in [4.78, 5) is 0. The maximum atomic E-state index is 9.57. The van der Waals surface area contributed by atoms with E-state index in [9.17, 15) is 4.11 Å². The van der Waals surface area contributed by atoms with Crippen molar-refractivity contribution in [3.05, 3.63) is 157 Å². The molecule has 0 fully saturated rings. The molecule has 0 radical (unpaired) electrons. The van der Waals surface area contributed by atoms with Gasteiger partial charge in [0, 0.05) is 10.8 Å². The third-order valence-electron chi connectivity index (χ3n) is 7.76. The Balaban J connectivity index is 1.37. The molecule has 0 saturated heterocycles. The smallest absolute Gasteiger partial charge is 0.136 e. The largest absolute Gasteiger partial charge is 0.456 e. The van der Waals surface area contributed by atoms with E-state index in [1.54, 1.807) is 18.2 Å². The maximum absolute atomic E-state index is 9.57. The van der Waals surface area contributed by atoms with Crippen molar-refractivity contribution in [2.45, 2.75) is 0 Å². The normalized spacial score (nSPS) is 16.3. The Bertz CT molecular complexity index is 3210. The van der Waals surface area contributed by atoms with Crippen LogP contribution >= 0.6 is 0 Å². The minimum absolute atomic E-state index is 0.0604. The molecular weight excluding hydrogens is 520 g/mol. The number of fused-ring (bicyclic) bond motifs is 6. The molecule has 0 aliphatic rings. The molecule has 0 N–H and O–H groups in total. The van der Waals surface area contributed by atoms with Gasteiger partial charge in [0.05, 0.1) is 19.2 Å². The van der Waals surface area contributed by atoms with Crippen LogP contribution in [0.15, 0.2) is 162 Å². The molecule has 0 atom stereocenters. The summed E-state index contributed by atoms with van der Waals surface area (Å²) < 4.78 is 128. The van der Waals surface area contributed by atoms with Crippen LogP contribution in [0.3, 0.4) is 0 Å². The third kappa shape index (κ3) is 3.79. The molecule has 0 unspecified atom stereocenters. The van der Waals surface area contributed by atoms with Crippen LogP contribution in [-0.2, 0) is 0 Å². The summed E-state index contributed by atoms with van der Waals surface area (Å²) in [6.07, 6.45) is 0. The molecule has 200 valence electrons. The zero-order valence-electron chi connectivity index (χ0n) is 36.3. The predicted molar refractivity (Wildman–Crippen MR) is 183 cm³/mol. The number of hydrogen-bond acceptors (Lipinski definition) is 1. The Kier molecular flexibility index (Phi) is 3.07. The van der Waals surface area contributed by atoms with E-state index in [-0.39, 0.29) is 74.0 Å². The van der Waals surface area contributed by atoms with Crippen molar-refractivity contribution in [1.82, 2.24) is 0 Å². The highest BCUT2D eigenvalue weighted by molar-refractivity contribution is 6.22. The highest BCUT2D eigenvalue weighted by Gasteiger charge is 2.18. The molecular formula is C42H26O. The van der Waals surface area contributed by atoms with Gasteiger partial charge in [-0.25, -0.2) is 0 Å². The fourth-order valence-electron chi connectivity index (χ4n) is 5.91. The van der Waals surface area contributed by atoms with Gasteiger partial charge in [-0.2, -0.15) is 0 Å². The number of hydrogen-bond donors (Lipinski definition) is 0. The minimum atomic E-state index is -0.578. The summed E-state index contributed by atoms with van der Waals surface area (Å²) >= 11 is 0. The van der Waals surface area contributed by atoms with E-state index >= 15 is 0 Å². The Labute approximate surface area is 268 Å². The molecule has 0 aliphatic heterocycles. The molecule has 0 amide bonds. The molecule has 1 nitrogen and oxygen atoms in total. The van der Waals surface area contributed by atoms with Crippen molar-refractivity contribution < 1.29 is 23.6 Å². The van der Waals surface area contributed by atoms with Crippen LogP contribution in [-0.4, -0.2) is 0 Å². The monoisotopic (exact) mass is 560 g/mol. The zero-order chi connectivity index (χ0) is 40.5. The lowest BCUT2D eigenvalue weighted by Gasteiger charge is -2.18. The average molecular weight is 561 g/mol. The fourth-order valence-corrected chi connectivity index (χ4v) is 5.91. The first-order chi connectivity index (χ1) is 27.2. The fraction of sp³-hybridized carbons (Fsp3) is 0. The van der Waals surface area contributed by atoms with Crippen LogP contribution in [0.1, 0.15) is 19.2 Å². The molecule has 1 heteroatoms. The van der Waals surface area contributed by atoms with Gasteiger partial charge in [-0.3, -0.25) is 0 Å². The Hall–Kier alpha value is -5.66. The van der Waals surface area contributed by atoms with Gasteiger partial charge in [0.15, 0.2) is 0 Å². The molecule has 9 rings (SSSR count). The molecule has 0 aliphatic carbocycles. The van der Waals surface area contributed by atoms with Crippen molar-refractivity contribution >= 4 is 54.3 Å². The van der Waals surface area contributed by atoms with Crippen molar-refractivity contribution in [2.24, 2.45) is 0 Å². The van der Waals surface area contributed by atoms with Crippen LogP contribution in [0.25, 0.3) is 87.6 Å². The van der Waals surface area contributed by atoms with E-state index < -0.39 is 54.4 Å². The zero-order valence-corrected chi connectivity index (χ0v) is 22.3. The Morgan fingerprint density at radius 2 is 0.977 bits per heavy atom. The summed E-state index contributed by atoms with van der Waals surface area (Å²) in [6, 6.07) is 15.8. The van der Waals surface area contributed by atoms with Crippen molar-refractivity contribution in [3.8, 4) is 33.4 Å². The Morgan fingerprint density at radius 1 is 0.395 bits per heavy atom. The molecule has 1 heterocycles. The van der Waals surface area contributed by atoms with Crippen LogP contribution in [0.5, 0.6) is 0 Å². The van der Waals surface area contributed by atoms with Gasteiger partial charge in [0.2, 0.25) is 0 Å². The molecule has 0 bridgehead atoms. The number of benzene rings is 8. The van der Waals surface area contributed by atoms with Gasteiger partial charge < -0.3 is 4.42 Å². The molecule has 0 spiro atoms. The summed E-state index contributed by atoms with van der Waals surface area (Å²) in [5, 5.41) is 2.05. The second-order valence-corrected chi connectivity index (χ2v) is 10.2. The summed E-state index contributed by atoms with van der Waals surface area (Å²) in [5.74, 6) is 0. The lowest BCUT2D eigenvalue weighted by atomic mass is 9.85. The van der Waals surface area contributed by atoms with E-state index in [0.717, 1.165) is 5.56 Å². The number of furan rings is 1. The van der Waals surface area contributed by atoms with Gasteiger partial charge in [-0.15, -0.1) is 0 Å². The highest BCUT2D eigenvalue weighted by Crippen LogP contribution is 2.45. The van der Waals surface area contributed by atoms with Crippen molar-refractivity contribution in [3.63, 3.8) is 0 Å². The predicted octanol–water partition coefficient (Wildman–Crippen LogP) is 12.0. The van der Waals surface area contributed by atoms with Gasteiger partial charge >= 0.3 is 0 Å². The molecule has 8 aromatic carbocycles. The van der Waals surface area contributed by atoms with Crippen LogP contribution in [0.4, 0.5) is 0 Å². The summed E-state index contributed by atoms with van der Waals surface area (Å²) in [7, 11) is 0. The van der Waals surface area contributed by atoms with E-state index in [1.807, 2.05) is 54.6 Å². The van der Waals surface area contributed by atoms with Gasteiger partial charge in [-0.05, 0) is 95.9 Å². The van der Waals surface area contributed by atoms with Gasteiger partial charge in [0.25, 0.3) is 0 Å². The van der Waals surface area contributed by atoms with E-state index in [1.165, 1.54) is 0 Å². The molecule has 43 heavy (non-hydrogen) atoms. The summed E-state index contributed by atoms with van der Waals surface area (Å²) in [5.41, 5.74) is 2.03. The van der Waals surface area contributed by atoms with E-state index in [2.05, 4.69) is 0 Å².